The van der Waals surface area contributed by atoms with Gasteiger partial charge in [-0.2, -0.15) is 9.97 Å². The molecular weight excluding hydrogens is 583 g/mol. The smallest absolute Gasteiger partial charge is 0.261 e. The van der Waals surface area contributed by atoms with Gasteiger partial charge in [0.05, 0.1) is 4.90 Å². The maximum atomic E-state index is 12.6. The number of anilines is 5. The Morgan fingerprint density at radius 1 is 0.860 bits per heavy atom. The summed E-state index contributed by atoms with van der Waals surface area (Å²) in [5.41, 5.74) is 1.23. The molecule has 13 heteroatoms. The van der Waals surface area contributed by atoms with Gasteiger partial charge in [0.25, 0.3) is 10.0 Å². The Morgan fingerprint density at radius 3 is 2.21 bits per heavy atom. The van der Waals surface area contributed by atoms with E-state index >= 15 is 0 Å². The first-order valence-electron chi connectivity index (χ1n) is 14.9. The van der Waals surface area contributed by atoms with Gasteiger partial charge < -0.3 is 30.7 Å². The number of thiocarbonyl (C=S) groups is 1. The van der Waals surface area contributed by atoms with Crippen LogP contribution in [-0.2, 0) is 10.0 Å². The topological polar surface area (TPSA) is 118 Å². The molecule has 4 N–H and O–H groups in total. The number of hydrogen-bond donors (Lipinski definition) is 4. The lowest BCUT2D eigenvalue weighted by Crippen LogP contribution is -2.36. The highest BCUT2D eigenvalue weighted by Crippen LogP contribution is 2.25. The fraction of sp³-hybridized carbons (Fsp3) is 0.433. The summed E-state index contributed by atoms with van der Waals surface area (Å²) in [5.74, 6) is 2.74. The van der Waals surface area contributed by atoms with Crippen molar-refractivity contribution in [1.29, 1.82) is 0 Å². The molecule has 230 valence electrons. The largest absolute Gasteiger partial charge is 0.369 e. The second-order valence-electron chi connectivity index (χ2n) is 10.9. The van der Waals surface area contributed by atoms with E-state index in [4.69, 9.17) is 22.2 Å². The maximum Gasteiger partial charge on any atom is 0.261 e. The molecule has 0 aliphatic carbocycles. The lowest BCUT2D eigenvalue weighted by Gasteiger charge is -2.22. The van der Waals surface area contributed by atoms with Crippen molar-refractivity contribution in [2.75, 3.05) is 84.6 Å². The van der Waals surface area contributed by atoms with Crippen molar-refractivity contribution in [3.05, 3.63) is 60.7 Å². The van der Waals surface area contributed by atoms with Crippen molar-refractivity contribution >= 4 is 56.3 Å². The number of nitrogens with zero attached hydrogens (tertiary/aromatic N) is 5. The van der Waals surface area contributed by atoms with E-state index in [-0.39, 0.29) is 4.90 Å². The molecule has 3 heterocycles. The molecule has 5 rings (SSSR count). The molecule has 2 aliphatic rings. The first-order valence-corrected chi connectivity index (χ1v) is 16.8. The third kappa shape index (κ3) is 8.91. The van der Waals surface area contributed by atoms with Crippen LogP contribution in [0.25, 0.3) is 0 Å². The van der Waals surface area contributed by atoms with Crippen LogP contribution in [-0.4, -0.2) is 87.8 Å². The summed E-state index contributed by atoms with van der Waals surface area (Å²) in [6, 6.07) is 17.4. The monoisotopic (exact) mass is 623 g/mol. The molecule has 0 bridgehead atoms. The molecule has 0 atom stereocenters. The van der Waals surface area contributed by atoms with Crippen LogP contribution in [0.1, 0.15) is 25.7 Å². The predicted molar refractivity (Wildman–Crippen MR) is 179 cm³/mol. The SMILES string of the molecule is CN(CCNC(=S)Nc1ccc(S(=O)(=O)Nc2ccccc2)cc1)CCNc1cc(N2CCCC2)nc(N2CCCC2)n1. The molecule has 11 nitrogen and oxygen atoms in total. The Morgan fingerprint density at radius 2 is 1.51 bits per heavy atom. The zero-order valence-electron chi connectivity index (χ0n) is 24.6. The first kappa shape index (κ1) is 30.8. The van der Waals surface area contributed by atoms with Gasteiger partial charge in [0, 0.05) is 69.8 Å². The summed E-state index contributed by atoms with van der Waals surface area (Å²) in [7, 11) is -1.59. The lowest BCUT2D eigenvalue weighted by atomic mass is 10.3. The van der Waals surface area contributed by atoms with Crippen molar-refractivity contribution < 1.29 is 8.42 Å². The Hall–Kier alpha value is -3.68. The van der Waals surface area contributed by atoms with Crippen molar-refractivity contribution in [2.45, 2.75) is 30.6 Å². The fourth-order valence-electron chi connectivity index (χ4n) is 5.14. The van der Waals surface area contributed by atoms with E-state index in [9.17, 15) is 8.42 Å². The van der Waals surface area contributed by atoms with E-state index in [1.807, 2.05) is 6.07 Å². The number of aromatic nitrogens is 2. The quantitative estimate of drug-likeness (QED) is 0.208. The van der Waals surface area contributed by atoms with Gasteiger partial charge in [-0.15, -0.1) is 0 Å². The highest BCUT2D eigenvalue weighted by atomic mass is 32.2. The van der Waals surface area contributed by atoms with E-state index in [1.165, 1.54) is 25.7 Å². The van der Waals surface area contributed by atoms with Crippen LogP contribution in [0.3, 0.4) is 0 Å². The second-order valence-corrected chi connectivity index (χ2v) is 13.0. The average molecular weight is 624 g/mol. The third-order valence-electron chi connectivity index (χ3n) is 7.55. The van der Waals surface area contributed by atoms with E-state index in [0.29, 0.717) is 23.0 Å². The Labute approximate surface area is 260 Å². The van der Waals surface area contributed by atoms with E-state index in [2.05, 4.69) is 48.5 Å². The summed E-state index contributed by atoms with van der Waals surface area (Å²) < 4.78 is 27.9. The lowest BCUT2D eigenvalue weighted by molar-refractivity contribution is 0.352. The molecule has 0 spiro atoms. The minimum absolute atomic E-state index is 0.178. The molecular formula is C30H41N9O2S2. The van der Waals surface area contributed by atoms with Gasteiger partial charge in [0.15, 0.2) is 5.11 Å². The molecule has 2 aliphatic heterocycles. The van der Waals surface area contributed by atoms with Crippen molar-refractivity contribution in [2.24, 2.45) is 0 Å². The molecule has 1 aromatic heterocycles. The number of nitrogens with one attached hydrogen (secondary N) is 4. The average Bonchev–Trinajstić information content (AvgIpc) is 3.73. The normalized spacial score (nSPS) is 15.1. The highest BCUT2D eigenvalue weighted by Gasteiger charge is 2.20. The molecule has 2 saturated heterocycles. The first-order chi connectivity index (χ1) is 20.9. The van der Waals surface area contributed by atoms with E-state index < -0.39 is 10.0 Å². The Bertz CT molecular complexity index is 1410. The standard InChI is InChI=1S/C30H41N9O2S2/c1-37(21-15-31-27-23-28(38-17-5-6-18-38)35-29(34-27)39-19-7-8-20-39)22-16-32-30(42)33-24-11-13-26(14-12-24)43(40,41)36-25-9-3-2-4-10-25/h2-4,9-14,23,36H,5-8,15-22H2,1H3,(H,31,34,35)(H2,32,33,42). The fourth-order valence-corrected chi connectivity index (χ4v) is 6.42. The molecule has 0 saturated carbocycles. The van der Waals surface area contributed by atoms with Gasteiger partial charge in [-0.25, -0.2) is 8.42 Å². The number of rotatable bonds is 13. The molecule has 0 unspecified atom stereocenters. The van der Waals surface area contributed by atoms with Gasteiger partial charge in [-0.1, -0.05) is 18.2 Å². The second kappa shape index (κ2) is 14.7. The zero-order valence-corrected chi connectivity index (χ0v) is 26.3. The van der Waals surface area contributed by atoms with Gasteiger partial charge in [-0.3, -0.25) is 4.72 Å². The van der Waals surface area contributed by atoms with E-state index in [0.717, 1.165) is 63.4 Å². The third-order valence-corrected chi connectivity index (χ3v) is 9.19. The number of sulfonamides is 1. The highest BCUT2D eigenvalue weighted by molar-refractivity contribution is 7.92. The maximum absolute atomic E-state index is 12.6. The summed E-state index contributed by atoms with van der Waals surface area (Å²) in [6.07, 6.45) is 4.82. The molecule has 0 radical (unpaired) electrons. The van der Waals surface area contributed by atoms with Crippen molar-refractivity contribution in [1.82, 2.24) is 20.2 Å². The molecule has 2 aromatic carbocycles. The number of likely N-dealkylation sites (N-methyl/N-ethyl adjacent to an activating group) is 1. The summed E-state index contributed by atoms with van der Waals surface area (Å²) in [6.45, 7) is 7.24. The summed E-state index contributed by atoms with van der Waals surface area (Å²) in [5, 5.41) is 10.3. The molecule has 3 aromatic rings. The van der Waals surface area contributed by atoms with E-state index in [1.54, 1.807) is 48.5 Å². The minimum Gasteiger partial charge on any atom is -0.369 e. The van der Waals surface area contributed by atoms with Crippen LogP contribution < -0.4 is 30.5 Å². The van der Waals surface area contributed by atoms with Crippen molar-refractivity contribution in [3.63, 3.8) is 0 Å². The van der Waals surface area contributed by atoms with Crippen LogP contribution in [0, 0.1) is 0 Å². The van der Waals surface area contributed by atoms with Crippen LogP contribution in [0.4, 0.5) is 29.0 Å². The zero-order chi connectivity index (χ0) is 30.1. The molecule has 2 fully saturated rings. The van der Waals surface area contributed by atoms with Gasteiger partial charge >= 0.3 is 0 Å². The van der Waals surface area contributed by atoms with Crippen LogP contribution in [0.15, 0.2) is 65.6 Å². The number of benzene rings is 2. The minimum atomic E-state index is -3.67. The van der Waals surface area contributed by atoms with Gasteiger partial charge in [-0.05, 0) is 81.3 Å². The summed E-state index contributed by atoms with van der Waals surface area (Å²) in [4.78, 5) is 16.8. The molecule has 0 amide bonds. The van der Waals surface area contributed by atoms with Crippen LogP contribution in [0.2, 0.25) is 0 Å². The summed E-state index contributed by atoms with van der Waals surface area (Å²) >= 11 is 5.44. The van der Waals surface area contributed by atoms with Crippen molar-refractivity contribution in [3.8, 4) is 0 Å². The number of para-hydroxylation sites is 1. The van der Waals surface area contributed by atoms with Gasteiger partial charge in [0.1, 0.15) is 11.6 Å². The van der Waals surface area contributed by atoms with Gasteiger partial charge in [0.2, 0.25) is 5.95 Å². The van der Waals surface area contributed by atoms with Crippen LogP contribution in [0.5, 0.6) is 0 Å². The Kier molecular flexibility index (Phi) is 10.5. The molecule has 43 heavy (non-hydrogen) atoms. The Balaban J connectivity index is 1.03. The van der Waals surface area contributed by atoms with Crippen LogP contribution >= 0.6 is 12.2 Å². The number of hydrogen-bond acceptors (Lipinski definition) is 9. The predicted octanol–water partition coefficient (Wildman–Crippen LogP) is 3.81.